The zero-order chi connectivity index (χ0) is 35.8. The van der Waals surface area contributed by atoms with Crippen LogP contribution < -0.4 is 11.3 Å². The summed E-state index contributed by atoms with van der Waals surface area (Å²) in [6.07, 6.45) is -2.76. The predicted octanol–water partition coefficient (Wildman–Crippen LogP) is 0.0797. The number of fused-ring (bicyclic) bond motifs is 4. The molecule has 1 aliphatic carbocycles. The maximum absolute atomic E-state index is 13.8. The van der Waals surface area contributed by atoms with Crippen molar-refractivity contribution in [2.75, 3.05) is 25.6 Å². The second-order valence-corrected chi connectivity index (χ2v) is 18.2. The lowest BCUT2D eigenvalue weighted by atomic mass is 10.1. The molecule has 3 fully saturated rings. The highest BCUT2D eigenvalue weighted by Crippen LogP contribution is 2.58. The van der Waals surface area contributed by atoms with Gasteiger partial charge in [-0.1, -0.05) is 12.2 Å². The van der Waals surface area contributed by atoms with Crippen LogP contribution in [0.15, 0.2) is 23.6 Å². The molecule has 0 amide bonds. The van der Waals surface area contributed by atoms with E-state index < -0.39 is 81.4 Å². The molecule has 10 atom stereocenters. The molecular weight excluding hydrogens is 754 g/mol. The number of aliphatic hydroxyl groups excluding tert-OH is 3. The van der Waals surface area contributed by atoms with E-state index in [4.69, 9.17) is 45.1 Å². The summed E-state index contributed by atoms with van der Waals surface area (Å²) >= 11 is 9.48. The molecule has 4 aromatic heterocycles. The van der Waals surface area contributed by atoms with Gasteiger partial charge in [-0.3, -0.25) is 27.5 Å². The lowest BCUT2D eigenvalue weighted by Crippen LogP contribution is -2.36. The van der Waals surface area contributed by atoms with Crippen LogP contribution in [-0.2, 0) is 63.3 Å². The highest BCUT2D eigenvalue weighted by Gasteiger charge is 2.53. The Bertz CT molecular complexity index is 2150. The third kappa shape index (κ3) is 6.38. The van der Waals surface area contributed by atoms with Crippen molar-refractivity contribution in [2.45, 2.75) is 81.3 Å². The standard InChI is InChI=1S/C27H34N8O12P2S2/c28-27-32-23-17(24(39)33(27)5-6-36)31-11-35(23)26-21-18(37)14(44-26)8-42-48(40,50)46-20-15(9-43-49(41,51)47-21)45-25(19(20)38)34-7-12-3-1-2-4-13-16(12)22(34)30-10-29-13/h7,10-11,14-15,18-21,25-26,36-38H,1-6,8-9H2,(H2,28,32)(H,40,50)(H,41,51)/t14-,15-,18-,19-,20-,21-,25-,26-,48?,49?/m1/s1. The molecule has 0 spiro atoms. The van der Waals surface area contributed by atoms with E-state index in [1.807, 2.05) is 6.20 Å². The van der Waals surface area contributed by atoms with Crippen molar-refractivity contribution < 1.29 is 52.3 Å². The highest BCUT2D eigenvalue weighted by molar-refractivity contribution is 8.44. The number of anilines is 1. The topological polar surface area (TPSA) is 263 Å². The quantitative estimate of drug-likeness (QED) is 0.118. The Kier molecular flexibility index (Phi) is 9.41. The van der Waals surface area contributed by atoms with Gasteiger partial charge in [-0.25, -0.2) is 19.5 Å². The minimum absolute atomic E-state index is 0.0583. The monoisotopic (exact) mass is 788 g/mol. The highest BCUT2D eigenvalue weighted by atomic mass is 32.7. The summed E-state index contributed by atoms with van der Waals surface area (Å²) in [6.45, 7) is -10.2. The van der Waals surface area contributed by atoms with Crippen molar-refractivity contribution in [1.29, 1.82) is 0 Å². The molecule has 8 rings (SSSR count). The largest absolute Gasteiger partial charge is 0.395 e. The number of ether oxygens (including phenoxy) is 2. The van der Waals surface area contributed by atoms with Crippen LogP contribution in [-0.4, -0.2) is 110 Å². The molecular formula is C27H34N8O12P2S2. The van der Waals surface area contributed by atoms with Crippen LogP contribution in [0.4, 0.5) is 5.95 Å². The summed E-state index contributed by atoms with van der Waals surface area (Å²) in [5, 5.41) is 33.1. The summed E-state index contributed by atoms with van der Waals surface area (Å²) in [5.74, 6) is -0.227. The first kappa shape index (κ1) is 35.6. The Balaban J connectivity index is 1.11. The van der Waals surface area contributed by atoms with E-state index >= 15 is 0 Å². The van der Waals surface area contributed by atoms with Gasteiger partial charge in [-0.2, -0.15) is 4.98 Å². The number of aliphatic hydroxyl groups is 3. The number of hydrogen-bond donors (Lipinski definition) is 6. The van der Waals surface area contributed by atoms with Gasteiger partial charge in [0.2, 0.25) is 5.95 Å². The zero-order valence-corrected chi connectivity index (χ0v) is 30.0. The van der Waals surface area contributed by atoms with E-state index in [0.717, 1.165) is 46.9 Å². The number of imidazole rings is 1. The molecule has 24 heteroatoms. The van der Waals surface area contributed by atoms with E-state index in [1.165, 1.54) is 17.2 Å². The molecule has 20 nitrogen and oxygen atoms in total. The van der Waals surface area contributed by atoms with Gasteiger partial charge in [-0.05, 0) is 43.1 Å². The zero-order valence-electron chi connectivity index (χ0n) is 26.5. The molecule has 2 bridgehead atoms. The SMILES string of the molecule is Nc1nc2c(ncn2[C@@H]2O[C@@H]3COP(O)(=S)O[C@H]4[C@@H](O)[C@H](n5cc6c7c(ncnc75)CCCC6)O[C@@H]4COP(=O)(S)O[C@@H]2[C@@H]3O)c(=O)n1CCO. The fourth-order valence-corrected chi connectivity index (χ4v) is 9.94. The Morgan fingerprint density at radius 3 is 2.55 bits per heavy atom. The number of nitrogens with two attached hydrogens (primary N) is 1. The van der Waals surface area contributed by atoms with E-state index in [1.54, 1.807) is 4.57 Å². The second kappa shape index (κ2) is 13.5. The molecule has 4 aromatic rings. The minimum Gasteiger partial charge on any atom is -0.395 e. The molecule has 51 heavy (non-hydrogen) atoms. The van der Waals surface area contributed by atoms with Crippen molar-refractivity contribution in [2.24, 2.45) is 0 Å². The van der Waals surface area contributed by atoms with Gasteiger partial charge < -0.3 is 44.5 Å². The Labute approximate surface area is 298 Å². The lowest BCUT2D eigenvalue weighted by Gasteiger charge is -2.27. The van der Waals surface area contributed by atoms with Gasteiger partial charge in [-0.15, -0.1) is 0 Å². The molecule has 276 valence electrons. The van der Waals surface area contributed by atoms with Crippen molar-refractivity contribution in [3.63, 3.8) is 0 Å². The number of nitrogen functional groups attached to an aromatic ring is 1. The van der Waals surface area contributed by atoms with Gasteiger partial charge >= 0.3 is 13.5 Å². The third-order valence-electron chi connectivity index (χ3n) is 9.40. The molecule has 6 N–H and O–H groups in total. The average molecular weight is 789 g/mol. The van der Waals surface area contributed by atoms with Crippen molar-refractivity contribution in [1.82, 2.24) is 33.6 Å². The molecule has 3 aliphatic heterocycles. The molecule has 2 unspecified atom stereocenters. The first-order valence-electron chi connectivity index (χ1n) is 16.0. The summed E-state index contributed by atoms with van der Waals surface area (Å²) in [6, 6.07) is 0. The van der Waals surface area contributed by atoms with Crippen LogP contribution in [0.5, 0.6) is 0 Å². The van der Waals surface area contributed by atoms with Crippen LogP contribution in [0.3, 0.4) is 0 Å². The molecule has 0 aromatic carbocycles. The van der Waals surface area contributed by atoms with E-state index in [2.05, 4.69) is 32.2 Å². The number of hydrogen-bond acceptors (Lipinski definition) is 17. The maximum atomic E-state index is 13.8. The normalized spacial score (nSPS) is 36.0. The number of aryl methyl sites for hydroxylation is 2. The number of aromatic nitrogens is 7. The van der Waals surface area contributed by atoms with Gasteiger partial charge in [0, 0.05) is 11.6 Å². The lowest BCUT2D eigenvalue weighted by molar-refractivity contribution is -0.0587. The molecule has 4 aliphatic rings. The molecule has 0 radical (unpaired) electrons. The van der Waals surface area contributed by atoms with E-state index in [0.29, 0.717) is 5.65 Å². The van der Waals surface area contributed by atoms with E-state index in [-0.39, 0.29) is 30.3 Å². The van der Waals surface area contributed by atoms with Crippen molar-refractivity contribution in [3.05, 3.63) is 40.5 Å². The summed E-state index contributed by atoms with van der Waals surface area (Å²) in [5.41, 5.74) is 7.60. The number of thiol groups is 1. The Morgan fingerprint density at radius 1 is 0.980 bits per heavy atom. The van der Waals surface area contributed by atoms with Crippen molar-refractivity contribution in [3.8, 4) is 0 Å². The van der Waals surface area contributed by atoms with E-state index in [9.17, 15) is 29.6 Å². The van der Waals surface area contributed by atoms with Crippen LogP contribution in [0.1, 0.15) is 36.6 Å². The smallest absolute Gasteiger partial charge is 0.386 e. The summed E-state index contributed by atoms with van der Waals surface area (Å²) in [4.78, 5) is 41.5. The first-order valence-corrected chi connectivity index (χ1v) is 21.3. The van der Waals surface area contributed by atoms with Gasteiger partial charge in [0.25, 0.3) is 5.56 Å². The molecule has 7 heterocycles. The number of nitrogens with zero attached hydrogens (tertiary/aromatic N) is 7. The minimum atomic E-state index is -4.39. The van der Waals surface area contributed by atoms with Crippen LogP contribution in [0.25, 0.3) is 22.2 Å². The fourth-order valence-electron chi connectivity index (χ4n) is 7.04. The van der Waals surface area contributed by atoms with Crippen LogP contribution in [0, 0.1) is 0 Å². The van der Waals surface area contributed by atoms with Gasteiger partial charge in [0.15, 0.2) is 23.6 Å². The molecule has 3 saturated heterocycles. The Hall–Kier alpha value is -2.40. The third-order valence-corrected chi connectivity index (χ3v) is 12.6. The summed E-state index contributed by atoms with van der Waals surface area (Å²) in [7, 11) is 0. The average Bonchev–Trinajstić information content (AvgIpc) is 3.78. The maximum Gasteiger partial charge on any atom is 0.386 e. The fraction of sp³-hybridized carbons (Fsp3) is 0.593. The van der Waals surface area contributed by atoms with Gasteiger partial charge in [0.05, 0.1) is 38.4 Å². The Morgan fingerprint density at radius 2 is 1.75 bits per heavy atom. The second-order valence-electron chi connectivity index (χ2n) is 12.5. The van der Waals surface area contributed by atoms with Crippen LogP contribution in [0.2, 0.25) is 0 Å². The predicted molar refractivity (Wildman–Crippen MR) is 182 cm³/mol. The number of rotatable bonds is 4. The van der Waals surface area contributed by atoms with Crippen LogP contribution >= 0.6 is 25.8 Å². The first-order chi connectivity index (χ1) is 24.4. The van der Waals surface area contributed by atoms with Crippen molar-refractivity contribution >= 4 is 65.7 Å². The summed E-state index contributed by atoms with van der Waals surface area (Å²) < 4.78 is 52.9. The molecule has 0 saturated carbocycles. The van der Waals surface area contributed by atoms with Gasteiger partial charge in [0.1, 0.15) is 48.6 Å².